The molecule has 0 fully saturated rings. The lowest BCUT2D eigenvalue weighted by Gasteiger charge is -2.41. The minimum absolute atomic E-state index is 0.292. The van der Waals surface area contributed by atoms with Gasteiger partial charge in [-0.2, -0.15) is 0 Å². The third-order valence-corrected chi connectivity index (χ3v) is 5.71. The Kier molecular flexibility index (Phi) is 6.71. The zero-order valence-corrected chi connectivity index (χ0v) is 14.7. The van der Waals surface area contributed by atoms with Gasteiger partial charge in [-0.05, 0) is 47.9 Å². The summed E-state index contributed by atoms with van der Waals surface area (Å²) in [7, 11) is 0. The first-order valence-corrected chi connectivity index (χ1v) is 8.72. The summed E-state index contributed by atoms with van der Waals surface area (Å²) in [6, 6.07) is 2.06. The highest BCUT2D eigenvalue weighted by molar-refractivity contribution is 9.10. The number of thiophene rings is 1. The standard InChI is InChI=1S/C15H24BrNOS/c1-5-15(6-2,17(7-3)8-4)14(18)10-13-9-12(16)11-19-13/h9,11H,5-8,10H2,1-4H3. The average Bonchev–Trinajstić information content (AvgIpc) is 2.81. The topological polar surface area (TPSA) is 20.3 Å². The summed E-state index contributed by atoms with van der Waals surface area (Å²) in [6.07, 6.45) is 2.32. The summed E-state index contributed by atoms with van der Waals surface area (Å²) in [5, 5.41) is 2.04. The molecule has 0 amide bonds. The van der Waals surface area contributed by atoms with E-state index in [1.54, 1.807) is 11.3 Å². The van der Waals surface area contributed by atoms with Gasteiger partial charge in [0.25, 0.3) is 0 Å². The number of halogens is 1. The fourth-order valence-electron chi connectivity index (χ4n) is 2.87. The Morgan fingerprint density at radius 1 is 1.26 bits per heavy atom. The quantitative estimate of drug-likeness (QED) is 0.690. The number of likely N-dealkylation sites (N-methyl/N-ethyl adjacent to an activating group) is 1. The van der Waals surface area contributed by atoms with Crippen molar-refractivity contribution < 1.29 is 4.79 Å². The van der Waals surface area contributed by atoms with Crippen LogP contribution in [0.3, 0.4) is 0 Å². The van der Waals surface area contributed by atoms with Gasteiger partial charge in [0, 0.05) is 21.2 Å². The predicted octanol–water partition coefficient (Wildman–Crippen LogP) is 4.52. The summed E-state index contributed by atoms with van der Waals surface area (Å²) in [5.74, 6) is 0.357. The number of hydrogen-bond donors (Lipinski definition) is 0. The van der Waals surface area contributed by atoms with E-state index in [1.165, 1.54) is 0 Å². The second kappa shape index (κ2) is 7.55. The highest BCUT2D eigenvalue weighted by atomic mass is 79.9. The van der Waals surface area contributed by atoms with Crippen molar-refractivity contribution in [3.05, 3.63) is 20.8 Å². The number of nitrogens with zero attached hydrogens (tertiary/aromatic N) is 1. The normalized spacial score (nSPS) is 12.1. The lowest BCUT2D eigenvalue weighted by atomic mass is 9.84. The van der Waals surface area contributed by atoms with E-state index < -0.39 is 0 Å². The minimum Gasteiger partial charge on any atom is -0.297 e. The minimum atomic E-state index is -0.292. The van der Waals surface area contributed by atoms with Gasteiger partial charge in [0.2, 0.25) is 0 Å². The third-order valence-electron chi connectivity index (χ3n) is 4.01. The smallest absolute Gasteiger partial charge is 0.158 e. The molecular formula is C15H24BrNOS. The Balaban J connectivity index is 2.94. The van der Waals surface area contributed by atoms with Crippen molar-refractivity contribution >= 4 is 33.0 Å². The van der Waals surface area contributed by atoms with Crippen LogP contribution in [0.25, 0.3) is 0 Å². The predicted molar refractivity (Wildman–Crippen MR) is 87.0 cm³/mol. The lowest BCUT2D eigenvalue weighted by Crippen LogP contribution is -2.54. The van der Waals surface area contributed by atoms with Crippen molar-refractivity contribution in [2.75, 3.05) is 13.1 Å². The van der Waals surface area contributed by atoms with Crippen molar-refractivity contribution in [3.8, 4) is 0 Å². The largest absolute Gasteiger partial charge is 0.297 e. The summed E-state index contributed by atoms with van der Waals surface area (Å²) < 4.78 is 1.07. The van der Waals surface area contributed by atoms with E-state index in [0.29, 0.717) is 12.2 Å². The molecule has 2 nitrogen and oxygen atoms in total. The maximum absolute atomic E-state index is 12.8. The van der Waals surface area contributed by atoms with Gasteiger partial charge < -0.3 is 0 Å². The van der Waals surface area contributed by atoms with Gasteiger partial charge >= 0.3 is 0 Å². The fraction of sp³-hybridized carbons (Fsp3) is 0.667. The van der Waals surface area contributed by atoms with Gasteiger partial charge in [-0.1, -0.05) is 27.7 Å². The molecule has 108 valence electrons. The van der Waals surface area contributed by atoms with Gasteiger partial charge in [0.05, 0.1) is 5.54 Å². The molecule has 1 heterocycles. The Hall–Kier alpha value is -0.190. The summed E-state index contributed by atoms with van der Waals surface area (Å²) in [6.45, 7) is 10.4. The Labute approximate surface area is 129 Å². The van der Waals surface area contributed by atoms with Crippen LogP contribution in [0.4, 0.5) is 0 Å². The molecule has 0 aliphatic heterocycles. The lowest BCUT2D eigenvalue weighted by molar-refractivity contribution is -0.131. The van der Waals surface area contributed by atoms with Crippen LogP contribution in [0.15, 0.2) is 15.9 Å². The molecule has 19 heavy (non-hydrogen) atoms. The maximum atomic E-state index is 12.8. The second-order valence-electron chi connectivity index (χ2n) is 4.74. The molecule has 0 aromatic carbocycles. The van der Waals surface area contributed by atoms with Crippen LogP contribution in [0, 0.1) is 0 Å². The molecule has 0 radical (unpaired) electrons. The second-order valence-corrected chi connectivity index (χ2v) is 6.65. The van der Waals surface area contributed by atoms with Crippen LogP contribution in [0.5, 0.6) is 0 Å². The number of ketones is 1. The SMILES string of the molecule is CCN(CC)C(CC)(CC)C(=O)Cc1cc(Br)cs1. The highest BCUT2D eigenvalue weighted by Gasteiger charge is 2.38. The molecule has 0 aliphatic rings. The Morgan fingerprint density at radius 2 is 1.84 bits per heavy atom. The highest BCUT2D eigenvalue weighted by Crippen LogP contribution is 2.28. The molecule has 0 aliphatic carbocycles. The Morgan fingerprint density at radius 3 is 2.21 bits per heavy atom. The number of hydrogen-bond acceptors (Lipinski definition) is 3. The maximum Gasteiger partial charge on any atom is 0.158 e. The van der Waals surface area contributed by atoms with Gasteiger partial charge in [-0.3, -0.25) is 9.69 Å². The summed E-state index contributed by atoms with van der Waals surface area (Å²) in [5.41, 5.74) is -0.292. The van der Waals surface area contributed by atoms with E-state index in [9.17, 15) is 4.79 Å². The van der Waals surface area contributed by atoms with E-state index in [-0.39, 0.29) is 5.54 Å². The van der Waals surface area contributed by atoms with Crippen LogP contribution >= 0.6 is 27.3 Å². The Bertz CT molecular complexity index is 408. The molecular weight excluding hydrogens is 322 g/mol. The fourth-order valence-corrected chi connectivity index (χ4v) is 4.32. The van der Waals surface area contributed by atoms with Crippen LogP contribution in [-0.4, -0.2) is 29.3 Å². The molecule has 1 aromatic heterocycles. The van der Waals surface area contributed by atoms with Crippen LogP contribution < -0.4 is 0 Å². The molecule has 0 spiro atoms. The molecule has 0 atom stereocenters. The zero-order chi connectivity index (χ0) is 14.5. The number of carbonyl (C=O) groups excluding carboxylic acids is 1. The van der Waals surface area contributed by atoms with Crippen molar-refractivity contribution in [3.63, 3.8) is 0 Å². The van der Waals surface area contributed by atoms with Crippen LogP contribution in [0.1, 0.15) is 45.4 Å². The monoisotopic (exact) mass is 345 g/mol. The van der Waals surface area contributed by atoms with Gasteiger partial charge in [0.1, 0.15) is 0 Å². The number of Topliss-reactive ketones (excluding diaryl/α,β-unsaturated/α-hetero) is 1. The molecule has 0 saturated heterocycles. The molecule has 4 heteroatoms. The summed E-state index contributed by atoms with van der Waals surface area (Å²) in [4.78, 5) is 16.3. The van der Waals surface area contributed by atoms with Crippen molar-refractivity contribution in [1.29, 1.82) is 0 Å². The first-order valence-electron chi connectivity index (χ1n) is 7.05. The van der Waals surface area contributed by atoms with E-state index in [4.69, 9.17) is 0 Å². The number of rotatable bonds is 8. The van der Waals surface area contributed by atoms with Crippen molar-refractivity contribution in [2.24, 2.45) is 0 Å². The average molecular weight is 346 g/mol. The third kappa shape index (κ3) is 3.67. The summed E-state index contributed by atoms with van der Waals surface area (Å²) >= 11 is 5.11. The molecule has 1 aromatic rings. The van der Waals surface area contributed by atoms with E-state index >= 15 is 0 Å². The molecule has 0 unspecified atom stereocenters. The van der Waals surface area contributed by atoms with E-state index in [1.807, 2.05) is 5.38 Å². The van der Waals surface area contributed by atoms with E-state index in [0.717, 1.165) is 35.3 Å². The first kappa shape index (κ1) is 16.9. The zero-order valence-electron chi connectivity index (χ0n) is 12.3. The molecule has 0 saturated carbocycles. The van der Waals surface area contributed by atoms with Crippen molar-refractivity contribution in [1.82, 2.24) is 4.90 Å². The van der Waals surface area contributed by atoms with Gasteiger partial charge in [-0.15, -0.1) is 11.3 Å². The first-order chi connectivity index (χ1) is 9.03. The number of carbonyl (C=O) groups is 1. The van der Waals surface area contributed by atoms with Crippen LogP contribution in [0.2, 0.25) is 0 Å². The van der Waals surface area contributed by atoms with Crippen LogP contribution in [-0.2, 0) is 11.2 Å². The van der Waals surface area contributed by atoms with E-state index in [2.05, 4.69) is 54.6 Å². The van der Waals surface area contributed by atoms with Crippen molar-refractivity contribution in [2.45, 2.75) is 52.5 Å². The molecule has 0 bridgehead atoms. The molecule has 1 rings (SSSR count). The van der Waals surface area contributed by atoms with Gasteiger partial charge in [-0.25, -0.2) is 0 Å². The van der Waals surface area contributed by atoms with Gasteiger partial charge in [0.15, 0.2) is 5.78 Å². The molecule has 0 N–H and O–H groups in total.